The summed E-state index contributed by atoms with van der Waals surface area (Å²) in [6, 6.07) is -0.0487. The smallest absolute Gasteiger partial charge is 0.240 e. The Morgan fingerprint density at radius 2 is 2.37 bits per heavy atom. The van der Waals surface area contributed by atoms with Crippen LogP contribution in [0, 0.1) is 5.92 Å². The molecule has 1 amide bonds. The minimum Gasteiger partial charge on any atom is -0.335 e. The molecule has 0 aromatic carbocycles. The number of likely N-dealkylation sites (tertiary alicyclic amines) is 1. The minimum absolute atomic E-state index is 0.0772. The number of nitrogens with zero attached hydrogens (tertiary/aromatic N) is 2. The Bertz CT molecular complexity index is 446. The van der Waals surface area contributed by atoms with Crippen molar-refractivity contribution in [2.75, 3.05) is 13.6 Å². The van der Waals surface area contributed by atoms with Crippen LogP contribution in [-0.2, 0) is 4.79 Å². The number of aromatic nitrogens is 2. The maximum atomic E-state index is 12.6. The summed E-state index contributed by atoms with van der Waals surface area (Å²) < 4.78 is 0.857. The number of aromatic amines is 1. The van der Waals surface area contributed by atoms with E-state index in [0.29, 0.717) is 0 Å². The van der Waals surface area contributed by atoms with Crippen LogP contribution in [0.5, 0.6) is 0 Å². The number of likely N-dealkylation sites (N-methyl/N-ethyl adjacent to an activating group) is 1. The summed E-state index contributed by atoms with van der Waals surface area (Å²) in [5, 5.41) is 3.12. The molecule has 1 fully saturated rings. The molecule has 2 heterocycles. The normalized spacial score (nSPS) is 21.1. The second kappa shape index (κ2) is 6.05. The zero-order valence-corrected chi connectivity index (χ0v) is 13.2. The summed E-state index contributed by atoms with van der Waals surface area (Å²) in [6.45, 7) is 4.94. The van der Waals surface area contributed by atoms with Gasteiger partial charge in [0.15, 0.2) is 0 Å². The molecule has 2 rings (SSSR count). The molecular weight excluding hydrogens is 308 g/mol. The number of carbonyl (C=O) groups excluding carboxylic acids is 1. The van der Waals surface area contributed by atoms with E-state index in [1.54, 1.807) is 6.20 Å². The van der Waals surface area contributed by atoms with Crippen molar-refractivity contribution in [3.05, 3.63) is 16.6 Å². The van der Waals surface area contributed by atoms with E-state index in [-0.39, 0.29) is 23.9 Å². The van der Waals surface area contributed by atoms with E-state index in [9.17, 15) is 4.79 Å². The summed E-state index contributed by atoms with van der Waals surface area (Å²) in [7, 11) is 1.84. The van der Waals surface area contributed by atoms with Gasteiger partial charge in [-0.15, -0.1) is 0 Å². The highest BCUT2D eigenvalue weighted by molar-refractivity contribution is 9.10. The molecule has 1 aromatic heterocycles. The van der Waals surface area contributed by atoms with Crippen LogP contribution in [0.3, 0.4) is 0 Å². The topological polar surface area (TPSA) is 61.0 Å². The van der Waals surface area contributed by atoms with Crippen LogP contribution in [0.15, 0.2) is 10.8 Å². The molecular formula is C13H21BrN4O. The Kier molecular flexibility index (Phi) is 4.62. The van der Waals surface area contributed by atoms with Crippen molar-refractivity contribution in [1.29, 1.82) is 0 Å². The lowest BCUT2D eigenvalue weighted by molar-refractivity contribution is -0.135. The van der Waals surface area contributed by atoms with Gasteiger partial charge in [-0.25, -0.2) is 4.98 Å². The number of nitrogens with one attached hydrogen (secondary N) is 2. The number of rotatable bonds is 4. The van der Waals surface area contributed by atoms with E-state index < -0.39 is 0 Å². The second-order valence-corrected chi connectivity index (χ2v) is 6.17. The fourth-order valence-electron chi connectivity index (χ4n) is 2.72. The van der Waals surface area contributed by atoms with Gasteiger partial charge in [0.25, 0.3) is 0 Å². The molecule has 0 radical (unpaired) electrons. The number of imidazole rings is 1. The first-order chi connectivity index (χ1) is 9.04. The van der Waals surface area contributed by atoms with Crippen molar-refractivity contribution >= 4 is 21.8 Å². The van der Waals surface area contributed by atoms with Gasteiger partial charge in [-0.2, -0.15) is 0 Å². The lowest BCUT2D eigenvalue weighted by Crippen LogP contribution is -2.47. The quantitative estimate of drug-likeness (QED) is 0.889. The van der Waals surface area contributed by atoms with Crippen LogP contribution in [0.1, 0.15) is 38.6 Å². The summed E-state index contributed by atoms with van der Waals surface area (Å²) in [6.07, 6.45) is 3.75. The molecule has 2 N–H and O–H groups in total. The van der Waals surface area contributed by atoms with Gasteiger partial charge in [-0.05, 0) is 41.7 Å². The van der Waals surface area contributed by atoms with Gasteiger partial charge in [0.2, 0.25) is 5.91 Å². The molecule has 1 aliphatic heterocycles. The van der Waals surface area contributed by atoms with Gasteiger partial charge < -0.3 is 15.2 Å². The highest BCUT2D eigenvalue weighted by atomic mass is 79.9. The standard InChI is InChI=1S/C13H21BrN4O/c1-8(2)11(15-3)13(19)18-6-4-5-9(18)12-16-7-10(14)17-12/h7-9,11,15H,4-6H2,1-3H3,(H,16,17). The molecule has 1 aliphatic rings. The third-order valence-electron chi connectivity index (χ3n) is 3.66. The average molecular weight is 329 g/mol. The first-order valence-electron chi connectivity index (χ1n) is 6.72. The van der Waals surface area contributed by atoms with Crippen molar-refractivity contribution in [1.82, 2.24) is 20.2 Å². The summed E-state index contributed by atoms with van der Waals surface area (Å²) in [5.41, 5.74) is 0. The molecule has 19 heavy (non-hydrogen) atoms. The maximum absolute atomic E-state index is 12.6. The Morgan fingerprint density at radius 3 is 2.89 bits per heavy atom. The van der Waals surface area contributed by atoms with Crippen LogP contribution >= 0.6 is 15.9 Å². The maximum Gasteiger partial charge on any atom is 0.240 e. The lowest BCUT2D eigenvalue weighted by Gasteiger charge is -2.29. The van der Waals surface area contributed by atoms with Crippen LogP contribution in [0.2, 0.25) is 0 Å². The Hall–Kier alpha value is -0.880. The number of hydrogen-bond donors (Lipinski definition) is 2. The molecule has 1 aromatic rings. The molecule has 2 atom stereocenters. The highest BCUT2D eigenvalue weighted by Crippen LogP contribution is 2.31. The largest absolute Gasteiger partial charge is 0.335 e. The molecule has 106 valence electrons. The second-order valence-electron chi connectivity index (χ2n) is 5.32. The van der Waals surface area contributed by atoms with Crippen molar-refractivity contribution < 1.29 is 4.79 Å². The third-order valence-corrected chi connectivity index (χ3v) is 4.06. The van der Waals surface area contributed by atoms with Crippen molar-refractivity contribution in [2.24, 2.45) is 5.92 Å². The fraction of sp³-hybridized carbons (Fsp3) is 0.692. The minimum atomic E-state index is -0.126. The van der Waals surface area contributed by atoms with Crippen LogP contribution in [0.25, 0.3) is 0 Å². The highest BCUT2D eigenvalue weighted by Gasteiger charge is 2.35. The van der Waals surface area contributed by atoms with E-state index >= 15 is 0 Å². The fourth-order valence-corrected chi connectivity index (χ4v) is 3.02. The zero-order chi connectivity index (χ0) is 14.0. The van der Waals surface area contributed by atoms with Gasteiger partial charge in [0.05, 0.1) is 18.3 Å². The Balaban J connectivity index is 2.16. The average Bonchev–Trinajstić information content (AvgIpc) is 2.96. The van der Waals surface area contributed by atoms with E-state index in [1.165, 1.54) is 0 Å². The van der Waals surface area contributed by atoms with E-state index in [0.717, 1.165) is 29.8 Å². The van der Waals surface area contributed by atoms with Crippen LogP contribution in [0.4, 0.5) is 0 Å². The SMILES string of the molecule is CNC(C(=O)N1CCCC1c1ncc(Br)[nH]1)C(C)C. The molecule has 0 saturated carbocycles. The molecule has 0 aliphatic carbocycles. The molecule has 0 spiro atoms. The van der Waals surface area contributed by atoms with Crippen molar-refractivity contribution in [3.8, 4) is 0 Å². The van der Waals surface area contributed by atoms with Gasteiger partial charge in [0.1, 0.15) is 10.4 Å². The number of carbonyl (C=O) groups is 1. The number of H-pyrrole nitrogens is 1. The Labute approximate surface area is 122 Å². The van der Waals surface area contributed by atoms with Crippen LogP contribution < -0.4 is 5.32 Å². The summed E-state index contributed by atoms with van der Waals surface area (Å²) in [4.78, 5) is 22.1. The predicted octanol–water partition coefficient (Wildman–Crippen LogP) is 2.08. The first kappa shape index (κ1) is 14.5. The summed E-state index contributed by atoms with van der Waals surface area (Å²) >= 11 is 3.37. The van der Waals surface area contributed by atoms with Crippen molar-refractivity contribution in [3.63, 3.8) is 0 Å². The van der Waals surface area contributed by atoms with Crippen LogP contribution in [-0.4, -0.2) is 40.4 Å². The monoisotopic (exact) mass is 328 g/mol. The number of amides is 1. The first-order valence-corrected chi connectivity index (χ1v) is 7.52. The lowest BCUT2D eigenvalue weighted by atomic mass is 10.0. The predicted molar refractivity (Wildman–Crippen MR) is 77.7 cm³/mol. The molecule has 1 saturated heterocycles. The van der Waals surface area contributed by atoms with E-state index in [2.05, 4.69) is 45.1 Å². The molecule has 2 unspecified atom stereocenters. The molecule has 6 heteroatoms. The van der Waals surface area contributed by atoms with Gasteiger partial charge in [-0.3, -0.25) is 4.79 Å². The number of halogens is 1. The van der Waals surface area contributed by atoms with Gasteiger partial charge in [0, 0.05) is 6.54 Å². The van der Waals surface area contributed by atoms with E-state index in [4.69, 9.17) is 0 Å². The van der Waals surface area contributed by atoms with Gasteiger partial charge >= 0.3 is 0 Å². The molecule has 0 bridgehead atoms. The van der Waals surface area contributed by atoms with Gasteiger partial charge in [-0.1, -0.05) is 13.8 Å². The Morgan fingerprint density at radius 1 is 1.63 bits per heavy atom. The third kappa shape index (κ3) is 3.00. The summed E-state index contributed by atoms with van der Waals surface area (Å²) in [5.74, 6) is 1.32. The van der Waals surface area contributed by atoms with E-state index in [1.807, 2.05) is 11.9 Å². The zero-order valence-electron chi connectivity index (χ0n) is 11.6. The molecule has 5 nitrogen and oxygen atoms in total. The van der Waals surface area contributed by atoms with Crippen molar-refractivity contribution in [2.45, 2.75) is 38.8 Å². The number of hydrogen-bond acceptors (Lipinski definition) is 3.